The number of rotatable bonds is 7. The molecule has 1 saturated heterocycles. The van der Waals surface area contributed by atoms with Gasteiger partial charge in [-0.25, -0.2) is 23.1 Å². The van der Waals surface area contributed by atoms with Crippen LogP contribution < -0.4 is 14.9 Å². The summed E-state index contributed by atoms with van der Waals surface area (Å²) in [5.41, 5.74) is 5.11. The van der Waals surface area contributed by atoms with Crippen LogP contribution >= 0.6 is 0 Å². The molecule has 0 radical (unpaired) electrons. The summed E-state index contributed by atoms with van der Waals surface area (Å²) < 4.78 is 33.7. The maximum Gasteiger partial charge on any atom is 0.241 e. The molecule has 4 rings (SSSR count). The summed E-state index contributed by atoms with van der Waals surface area (Å²) in [6.45, 7) is 12.7. The van der Waals surface area contributed by atoms with Gasteiger partial charge in [-0.3, -0.25) is 0 Å². The van der Waals surface area contributed by atoms with E-state index in [1.165, 1.54) is 5.69 Å². The van der Waals surface area contributed by atoms with Crippen molar-refractivity contribution in [1.29, 1.82) is 0 Å². The van der Waals surface area contributed by atoms with Gasteiger partial charge in [0.05, 0.1) is 23.8 Å². The molecule has 1 aliphatic heterocycles. The van der Waals surface area contributed by atoms with Crippen molar-refractivity contribution in [2.75, 3.05) is 36.5 Å². The summed E-state index contributed by atoms with van der Waals surface area (Å²) in [7, 11) is -3.62. The van der Waals surface area contributed by atoms with E-state index in [0.717, 1.165) is 54.5 Å². The molecular weight excluding hydrogens is 474 g/mol. The Morgan fingerprint density at radius 1 is 1.00 bits per heavy atom. The average molecular weight is 510 g/mol. The molecule has 192 valence electrons. The molecule has 2 N–H and O–H groups in total. The van der Waals surface area contributed by atoms with Gasteiger partial charge in [-0.15, -0.1) is 0 Å². The monoisotopic (exact) mass is 509 g/mol. The molecule has 1 aromatic heterocycles. The Kier molecular flexibility index (Phi) is 7.63. The third kappa shape index (κ3) is 6.60. The van der Waals surface area contributed by atoms with Gasteiger partial charge in [0.25, 0.3) is 0 Å². The number of hydrogen-bond donors (Lipinski definition) is 2. The summed E-state index contributed by atoms with van der Waals surface area (Å²) in [6.07, 6.45) is 0.499. The fourth-order valence-electron chi connectivity index (χ4n) is 4.10. The largest absolute Gasteiger partial charge is 0.378 e. The Morgan fingerprint density at radius 3 is 2.36 bits per heavy atom. The smallest absolute Gasteiger partial charge is 0.241 e. The molecule has 1 aliphatic rings. The molecule has 2 heterocycles. The van der Waals surface area contributed by atoms with Gasteiger partial charge in [0.15, 0.2) is 0 Å². The molecule has 3 aromatic rings. The van der Waals surface area contributed by atoms with Crippen LogP contribution in [0.5, 0.6) is 0 Å². The standard InChI is InChI=1S/C27H35N5O3S/c1-19-20(2)28-26(29-22-9-11-23(12-10-22)32-13-15-35-16-14-32)30-25(19)18-21-7-6-8-24(17-21)36(33,34)31-27(3,4)5/h6-12,17,31H,13-16,18H2,1-5H3,(H,28,29,30). The van der Waals surface area contributed by atoms with Crippen LogP contribution in [-0.2, 0) is 21.2 Å². The van der Waals surface area contributed by atoms with Crippen LogP contribution in [0.25, 0.3) is 0 Å². The zero-order valence-electron chi connectivity index (χ0n) is 21.6. The van der Waals surface area contributed by atoms with Crippen LogP contribution in [-0.4, -0.2) is 50.2 Å². The van der Waals surface area contributed by atoms with Gasteiger partial charge < -0.3 is 15.0 Å². The molecule has 0 saturated carbocycles. The lowest BCUT2D eigenvalue weighted by Crippen LogP contribution is -2.40. The quantitative estimate of drug-likeness (QED) is 0.489. The van der Waals surface area contributed by atoms with Crippen LogP contribution in [0, 0.1) is 13.8 Å². The Labute approximate surface area is 214 Å². The molecule has 0 unspecified atom stereocenters. The van der Waals surface area contributed by atoms with Crippen molar-refractivity contribution in [3.63, 3.8) is 0 Å². The molecule has 1 fully saturated rings. The second-order valence-electron chi connectivity index (χ2n) is 10.2. The highest BCUT2D eigenvalue weighted by atomic mass is 32.2. The van der Waals surface area contributed by atoms with E-state index >= 15 is 0 Å². The number of nitrogens with zero attached hydrogens (tertiary/aromatic N) is 3. The number of morpholine rings is 1. The first kappa shape index (κ1) is 26.1. The Bertz CT molecular complexity index is 1310. The van der Waals surface area contributed by atoms with Crippen molar-refractivity contribution in [3.8, 4) is 0 Å². The summed E-state index contributed by atoms with van der Waals surface area (Å²) >= 11 is 0. The van der Waals surface area contributed by atoms with Crippen molar-refractivity contribution in [2.24, 2.45) is 0 Å². The third-order valence-electron chi connectivity index (χ3n) is 6.01. The van der Waals surface area contributed by atoms with Crippen molar-refractivity contribution >= 4 is 27.3 Å². The Morgan fingerprint density at radius 2 is 1.69 bits per heavy atom. The third-order valence-corrected chi connectivity index (χ3v) is 7.77. The van der Waals surface area contributed by atoms with E-state index in [1.54, 1.807) is 18.2 Å². The number of ether oxygens (including phenoxy) is 1. The van der Waals surface area contributed by atoms with Crippen molar-refractivity contribution in [2.45, 2.75) is 51.5 Å². The zero-order valence-corrected chi connectivity index (χ0v) is 22.4. The van der Waals surface area contributed by atoms with Crippen molar-refractivity contribution in [3.05, 3.63) is 71.0 Å². The van der Waals surface area contributed by atoms with Gasteiger partial charge in [0.1, 0.15) is 0 Å². The van der Waals surface area contributed by atoms with E-state index in [-0.39, 0.29) is 4.90 Å². The highest BCUT2D eigenvalue weighted by Crippen LogP contribution is 2.23. The lowest BCUT2D eigenvalue weighted by atomic mass is 10.1. The van der Waals surface area contributed by atoms with Crippen LogP contribution in [0.15, 0.2) is 53.4 Å². The number of anilines is 3. The maximum absolute atomic E-state index is 12.8. The van der Waals surface area contributed by atoms with Gasteiger partial charge in [0, 0.05) is 42.1 Å². The number of aromatic nitrogens is 2. The first-order chi connectivity index (χ1) is 17.0. The number of aryl methyl sites for hydroxylation is 1. The van der Waals surface area contributed by atoms with Crippen molar-refractivity contribution < 1.29 is 13.2 Å². The SMILES string of the molecule is Cc1nc(Nc2ccc(N3CCOCC3)cc2)nc(Cc2cccc(S(=O)(=O)NC(C)(C)C)c2)c1C. The maximum atomic E-state index is 12.8. The van der Waals surface area contributed by atoms with Gasteiger partial charge in [-0.05, 0) is 82.1 Å². The normalized spacial score (nSPS) is 14.6. The fraction of sp³-hybridized carbons (Fsp3) is 0.407. The number of benzene rings is 2. The summed E-state index contributed by atoms with van der Waals surface area (Å²) in [5.74, 6) is 0.519. The number of nitrogens with one attached hydrogen (secondary N) is 2. The van der Waals surface area contributed by atoms with Crippen molar-refractivity contribution in [1.82, 2.24) is 14.7 Å². The zero-order chi connectivity index (χ0) is 25.9. The van der Waals surface area contributed by atoms with E-state index < -0.39 is 15.6 Å². The highest BCUT2D eigenvalue weighted by Gasteiger charge is 2.22. The molecule has 2 aromatic carbocycles. The van der Waals surface area contributed by atoms with Crippen LogP contribution in [0.4, 0.5) is 17.3 Å². The molecule has 9 heteroatoms. The topological polar surface area (TPSA) is 96.4 Å². The minimum Gasteiger partial charge on any atom is -0.378 e. The summed E-state index contributed by atoms with van der Waals surface area (Å²) in [5, 5.41) is 3.32. The van der Waals surface area contributed by atoms with Gasteiger partial charge >= 0.3 is 0 Å². The highest BCUT2D eigenvalue weighted by molar-refractivity contribution is 7.89. The minimum atomic E-state index is -3.62. The van der Waals surface area contributed by atoms with E-state index in [1.807, 2.05) is 52.8 Å². The second-order valence-corrected chi connectivity index (χ2v) is 11.8. The Hall–Kier alpha value is -3.01. The number of hydrogen-bond acceptors (Lipinski definition) is 7. The molecule has 0 bridgehead atoms. The lowest BCUT2D eigenvalue weighted by molar-refractivity contribution is 0.122. The molecular formula is C27H35N5O3S. The van der Waals surface area contributed by atoms with Gasteiger partial charge in [0.2, 0.25) is 16.0 Å². The molecule has 8 nitrogen and oxygen atoms in total. The second kappa shape index (κ2) is 10.5. The fourth-order valence-corrected chi connectivity index (χ4v) is 5.59. The van der Waals surface area contributed by atoms with Gasteiger partial charge in [-0.1, -0.05) is 12.1 Å². The van der Waals surface area contributed by atoms with Gasteiger partial charge in [-0.2, -0.15) is 0 Å². The minimum absolute atomic E-state index is 0.247. The average Bonchev–Trinajstić information content (AvgIpc) is 2.82. The van der Waals surface area contributed by atoms with E-state index in [2.05, 4.69) is 32.1 Å². The van der Waals surface area contributed by atoms with Crippen LogP contribution in [0.1, 0.15) is 43.3 Å². The number of sulfonamides is 1. The molecule has 0 aliphatic carbocycles. The van der Waals surface area contributed by atoms with E-state index in [4.69, 9.17) is 9.72 Å². The summed E-state index contributed by atoms with van der Waals surface area (Å²) in [4.78, 5) is 12.0. The van der Waals surface area contributed by atoms with E-state index in [0.29, 0.717) is 12.4 Å². The molecule has 0 spiro atoms. The molecule has 0 atom stereocenters. The lowest BCUT2D eigenvalue weighted by Gasteiger charge is -2.28. The predicted octanol–water partition coefficient (Wildman–Crippen LogP) is 4.34. The first-order valence-corrected chi connectivity index (χ1v) is 13.7. The van der Waals surface area contributed by atoms with Crippen LogP contribution in [0.2, 0.25) is 0 Å². The van der Waals surface area contributed by atoms with Crippen LogP contribution in [0.3, 0.4) is 0 Å². The molecule has 36 heavy (non-hydrogen) atoms. The van der Waals surface area contributed by atoms with E-state index in [9.17, 15) is 8.42 Å². The Balaban J connectivity index is 1.53. The first-order valence-electron chi connectivity index (χ1n) is 12.2. The predicted molar refractivity (Wildman–Crippen MR) is 144 cm³/mol. The summed E-state index contributed by atoms with van der Waals surface area (Å²) in [6, 6.07) is 15.3. The molecule has 0 amide bonds.